The van der Waals surface area contributed by atoms with Crippen molar-refractivity contribution in [3.8, 4) is 17.6 Å². The SMILES string of the molecule is COc1cccc([C@H]2OC(=O)N[C@@H]2c2cccc(C#Cc3cncc(Cl)c3)c2)c1. The second-order valence-corrected chi connectivity index (χ2v) is 6.93. The fraction of sp³-hybridized carbons (Fsp3) is 0.130. The maximum atomic E-state index is 12.0. The molecule has 1 fully saturated rings. The van der Waals surface area contributed by atoms with Crippen LogP contribution in [0.25, 0.3) is 0 Å². The molecule has 4 rings (SSSR count). The topological polar surface area (TPSA) is 60.5 Å². The van der Waals surface area contributed by atoms with E-state index in [1.54, 1.807) is 25.6 Å². The molecule has 0 saturated carbocycles. The van der Waals surface area contributed by atoms with Crippen LogP contribution in [0, 0.1) is 11.8 Å². The standard InChI is InChI=1S/C23H17ClN2O3/c1-28-20-7-3-6-18(12-20)22-21(26-23(27)29-22)17-5-2-4-15(10-17)8-9-16-11-19(24)14-25-13-16/h2-7,10-14,21-22H,1H3,(H,26,27)/t21-,22-/m1/s1. The number of hydrogen-bond donors (Lipinski definition) is 1. The van der Waals surface area contributed by atoms with E-state index in [0.717, 1.165) is 22.3 Å². The van der Waals surface area contributed by atoms with Gasteiger partial charge >= 0.3 is 6.09 Å². The quantitative estimate of drug-likeness (QED) is 0.645. The molecular weight excluding hydrogens is 388 g/mol. The van der Waals surface area contributed by atoms with Crippen molar-refractivity contribution in [1.82, 2.24) is 10.3 Å². The lowest BCUT2D eigenvalue weighted by atomic mass is 9.95. The number of benzene rings is 2. The Balaban J connectivity index is 1.63. The number of amides is 1. The van der Waals surface area contributed by atoms with E-state index in [2.05, 4.69) is 22.1 Å². The zero-order chi connectivity index (χ0) is 20.2. The van der Waals surface area contributed by atoms with Crippen LogP contribution in [0.1, 0.15) is 34.4 Å². The molecular formula is C23H17ClN2O3. The number of hydrogen-bond acceptors (Lipinski definition) is 4. The molecule has 1 saturated heterocycles. The third kappa shape index (κ3) is 4.34. The molecule has 1 N–H and O–H groups in total. The van der Waals surface area contributed by atoms with Gasteiger partial charge in [0.15, 0.2) is 6.10 Å². The number of carbonyl (C=O) groups is 1. The van der Waals surface area contributed by atoms with E-state index in [0.29, 0.717) is 10.8 Å². The van der Waals surface area contributed by atoms with E-state index >= 15 is 0 Å². The number of methoxy groups -OCH3 is 1. The first-order chi connectivity index (χ1) is 14.1. The average Bonchev–Trinajstić information content (AvgIpc) is 3.14. The Morgan fingerprint density at radius 3 is 2.66 bits per heavy atom. The van der Waals surface area contributed by atoms with Gasteiger partial charge in [-0.3, -0.25) is 4.98 Å². The summed E-state index contributed by atoms with van der Waals surface area (Å²) in [6.45, 7) is 0. The highest BCUT2D eigenvalue weighted by Gasteiger charge is 2.36. The van der Waals surface area contributed by atoms with Crippen LogP contribution < -0.4 is 10.1 Å². The first-order valence-corrected chi connectivity index (χ1v) is 9.34. The molecule has 144 valence electrons. The summed E-state index contributed by atoms with van der Waals surface area (Å²) in [5, 5.41) is 3.43. The molecule has 2 heterocycles. The minimum Gasteiger partial charge on any atom is -0.497 e. The third-order valence-electron chi connectivity index (χ3n) is 4.53. The highest BCUT2D eigenvalue weighted by molar-refractivity contribution is 6.30. The Bertz CT molecular complexity index is 1120. The molecule has 0 aliphatic carbocycles. The van der Waals surface area contributed by atoms with Gasteiger partial charge in [-0.25, -0.2) is 4.79 Å². The van der Waals surface area contributed by atoms with Crippen molar-refractivity contribution in [2.75, 3.05) is 7.11 Å². The van der Waals surface area contributed by atoms with Gasteiger partial charge in [-0.2, -0.15) is 0 Å². The number of cyclic esters (lactones) is 1. The number of nitrogens with zero attached hydrogens (tertiary/aromatic N) is 1. The summed E-state index contributed by atoms with van der Waals surface area (Å²) in [4.78, 5) is 16.0. The summed E-state index contributed by atoms with van der Waals surface area (Å²) in [5.74, 6) is 6.88. The van der Waals surface area contributed by atoms with E-state index in [4.69, 9.17) is 21.1 Å². The maximum absolute atomic E-state index is 12.0. The highest BCUT2D eigenvalue weighted by Crippen LogP contribution is 2.37. The maximum Gasteiger partial charge on any atom is 0.408 e. The first kappa shape index (κ1) is 18.9. The lowest BCUT2D eigenvalue weighted by Gasteiger charge is -2.18. The summed E-state index contributed by atoms with van der Waals surface area (Å²) in [7, 11) is 1.60. The first-order valence-electron chi connectivity index (χ1n) is 8.96. The van der Waals surface area contributed by atoms with Gasteiger partial charge in [0.05, 0.1) is 18.2 Å². The summed E-state index contributed by atoms with van der Waals surface area (Å²) in [5.41, 5.74) is 3.30. The lowest BCUT2D eigenvalue weighted by molar-refractivity contribution is 0.132. The Kier molecular flexibility index (Phi) is 5.37. The van der Waals surface area contributed by atoms with Crippen molar-refractivity contribution in [2.45, 2.75) is 12.1 Å². The zero-order valence-electron chi connectivity index (χ0n) is 15.6. The highest BCUT2D eigenvalue weighted by atomic mass is 35.5. The molecule has 1 amide bonds. The summed E-state index contributed by atoms with van der Waals surface area (Å²) in [6, 6.07) is 16.6. The van der Waals surface area contributed by atoms with Crippen molar-refractivity contribution >= 4 is 17.7 Å². The Hall–Kier alpha value is -3.49. The molecule has 0 bridgehead atoms. The number of halogens is 1. The van der Waals surface area contributed by atoms with Crippen molar-refractivity contribution in [3.05, 3.63) is 94.3 Å². The van der Waals surface area contributed by atoms with Gasteiger partial charge in [0.2, 0.25) is 0 Å². The number of alkyl carbamates (subject to hydrolysis) is 1. The van der Waals surface area contributed by atoms with Gasteiger partial charge < -0.3 is 14.8 Å². The molecule has 6 heteroatoms. The number of pyridine rings is 1. The molecule has 1 aromatic heterocycles. The second kappa shape index (κ2) is 8.26. The van der Waals surface area contributed by atoms with Crippen LogP contribution >= 0.6 is 11.6 Å². The fourth-order valence-electron chi connectivity index (χ4n) is 3.19. The number of aromatic nitrogens is 1. The van der Waals surface area contributed by atoms with Gasteiger partial charge in [-0.05, 0) is 41.5 Å². The Labute approximate surface area is 173 Å². The third-order valence-corrected chi connectivity index (χ3v) is 4.74. The van der Waals surface area contributed by atoms with E-state index in [-0.39, 0.29) is 6.04 Å². The van der Waals surface area contributed by atoms with Crippen LogP contribution in [0.2, 0.25) is 5.02 Å². The van der Waals surface area contributed by atoms with Gasteiger partial charge in [0.1, 0.15) is 5.75 Å². The predicted molar refractivity (Wildman–Crippen MR) is 110 cm³/mol. The fourth-order valence-corrected chi connectivity index (χ4v) is 3.37. The zero-order valence-corrected chi connectivity index (χ0v) is 16.3. The van der Waals surface area contributed by atoms with Crippen LogP contribution in [-0.2, 0) is 4.74 Å². The molecule has 3 aromatic rings. The van der Waals surface area contributed by atoms with Gasteiger partial charge in [0.25, 0.3) is 0 Å². The van der Waals surface area contributed by atoms with Crippen molar-refractivity contribution in [2.24, 2.45) is 0 Å². The summed E-state index contributed by atoms with van der Waals surface area (Å²) in [6.07, 6.45) is 2.31. The Morgan fingerprint density at radius 1 is 1.03 bits per heavy atom. The molecule has 29 heavy (non-hydrogen) atoms. The molecule has 1 aliphatic rings. The largest absolute Gasteiger partial charge is 0.497 e. The van der Waals surface area contributed by atoms with Crippen molar-refractivity contribution in [3.63, 3.8) is 0 Å². The molecule has 0 radical (unpaired) electrons. The minimum absolute atomic E-state index is 0.329. The number of nitrogens with one attached hydrogen (secondary N) is 1. The molecule has 1 aliphatic heterocycles. The summed E-state index contributed by atoms with van der Waals surface area (Å²) >= 11 is 5.95. The molecule has 2 atom stereocenters. The lowest BCUT2D eigenvalue weighted by Crippen LogP contribution is -2.19. The Morgan fingerprint density at radius 2 is 1.83 bits per heavy atom. The van der Waals surface area contributed by atoms with Crippen LogP contribution in [0.5, 0.6) is 5.75 Å². The minimum atomic E-state index is -0.460. The van der Waals surface area contributed by atoms with Crippen molar-refractivity contribution in [1.29, 1.82) is 0 Å². The van der Waals surface area contributed by atoms with Gasteiger partial charge in [0, 0.05) is 23.5 Å². The number of ether oxygens (including phenoxy) is 2. The average molecular weight is 405 g/mol. The molecule has 0 unspecified atom stereocenters. The van der Waals surface area contributed by atoms with Gasteiger partial charge in [-0.15, -0.1) is 0 Å². The molecule has 2 aromatic carbocycles. The molecule has 0 spiro atoms. The number of rotatable bonds is 3. The van der Waals surface area contributed by atoms with Crippen molar-refractivity contribution < 1.29 is 14.3 Å². The summed E-state index contributed by atoms with van der Waals surface area (Å²) < 4.78 is 10.8. The van der Waals surface area contributed by atoms with Crippen LogP contribution in [0.3, 0.4) is 0 Å². The van der Waals surface area contributed by atoms with E-state index < -0.39 is 12.2 Å². The van der Waals surface area contributed by atoms with E-state index in [9.17, 15) is 4.79 Å². The normalized spacial score (nSPS) is 17.7. The smallest absolute Gasteiger partial charge is 0.408 e. The van der Waals surface area contributed by atoms with E-state index in [1.165, 1.54) is 0 Å². The number of carbonyl (C=O) groups excluding carboxylic acids is 1. The van der Waals surface area contributed by atoms with E-state index in [1.807, 2.05) is 48.5 Å². The van der Waals surface area contributed by atoms with Gasteiger partial charge in [-0.1, -0.05) is 47.7 Å². The van der Waals surface area contributed by atoms with Crippen LogP contribution in [0.4, 0.5) is 4.79 Å². The van der Waals surface area contributed by atoms with Crippen LogP contribution in [-0.4, -0.2) is 18.2 Å². The molecule has 5 nitrogen and oxygen atoms in total. The predicted octanol–water partition coefficient (Wildman–Crippen LogP) is 4.67. The monoisotopic (exact) mass is 404 g/mol. The second-order valence-electron chi connectivity index (χ2n) is 6.49. The van der Waals surface area contributed by atoms with Crippen LogP contribution in [0.15, 0.2) is 67.0 Å².